The molecule has 1 heterocycles. The van der Waals surface area contributed by atoms with Crippen LogP contribution in [0.15, 0.2) is 58.1 Å². The first-order valence-corrected chi connectivity index (χ1v) is 10.8. The SMILES string of the molecule is O=C(CCn1c(=O)[nH]c(=O)c2ccccc21)Nc1ccc(OCC2CCCCC2)cc1. The van der Waals surface area contributed by atoms with Gasteiger partial charge in [-0.1, -0.05) is 31.4 Å². The van der Waals surface area contributed by atoms with Crippen LogP contribution < -0.4 is 21.3 Å². The monoisotopic (exact) mass is 421 g/mol. The van der Waals surface area contributed by atoms with Crippen LogP contribution in [0.25, 0.3) is 10.9 Å². The maximum Gasteiger partial charge on any atom is 0.328 e. The fraction of sp³-hybridized carbons (Fsp3) is 0.375. The highest BCUT2D eigenvalue weighted by Gasteiger charge is 2.14. The van der Waals surface area contributed by atoms with E-state index in [0.717, 1.165) is 12.4 Å². The molecule has 162 valence electrons. The van der Waals surface area contributed by atoms with Crippen molar-refractivity contribution < 1.29 is 9.53 Å². The minimum atomic E-state index is -0.518. The summed E-state index contributed by atoms with van der Waals surface area (Å²) in [4.78, 5) is 38.8. The summed E-state index contributed by atoms with van der Waals surface area (Å²) in [5.74, 6) is 1.23. The Kier molecular flexibility index (Phi) is 6.50. The van der Waals surface area contributed by atoms with E-state index in [-0.39, 0.29) is 18.9 Å². The van der Waals surface area contributed by atoms with Crippen molar-refractivity contribution in [1.82, 2.24) is 9.55 Å². The van der Waals surface area contributed by atoms with E-state index in [2.05, 4.69) is 10.3 Å². The van der Waals surface area contributed by atoms with Gasteiger partial charge in [-0.3, -0.25) is 19.1 Å². The van der Waals surface area contributed by atoms with Crippen LogP contribution in [-0.4, -0.2) is 22.1 Å². The zero-order chi connectivity index (χ0) is 21.6. The average Bonchev–Trinajstić information content (AvgIpc) is 2.79. The second-order valence-electron chi connectivity index (χ2n) is 8.07. The quantitative estimate of drug-likeness (QED) is 0.609. The highest BCUT2D eigenvalue weighted by Crippen LogP contribution is 2.25. The third-order valence-corrected chi connectivity index (χ3v) is 5.82. The Labute approximate surface area is 180 Å². The summed E-state index contributed by atoms with van der Waals surface area (Å²) in [7, 11) is 0. The fourth-order valence-corrected chi connectivity index (χ4v) is 4.10. The number of para-hydroxylation sites is 1. The number of amides is 1. The molecule has 1 fully saturated rings. The van der Waals surface area contributed by atoms with Gasteiger partial charge in [-0.05, 0) is 55.2 Å². The first kappa shape index (κ1) is 20.9. The Bertz CT molecular complexity index is 1160. The van der Waals surface area contributed by atoms with Gasteiger partial charge in [0.05, 0.1) is 17.5 Å². The lowest BCUT2D eigenvalue weighted by Gasteiger charge is -2.21. The smallest absolute Gasteiger partial charge is 0.328 e. The zero-order valence-electron chi connectivity index (χ0n) is 17.4. The summed E-state index contributed by atoms with van der Waals surface area (Å²) in [6.07, 6.45) is 6.50. The summed E-state index contributed by atoms with van der Waals surface area (Å²) < 4.78 is 7.31. The van der Waals surface area contributed by atoms with Gasteiger partial charge in [0.1, 0.15) is 5.75 Å². The van der Waals surface area contributed by atoms with Crippen molar-refractivity contribution in [2.75, 3.05) is 11.9 Å². The molecule has 1 aliphatic rings. The normalized spacial score (nSPS) is 14.5. The Balaban J connectivity index is 1.33. The van der Waals surface area contributed by atoms with Crippen molar-refractivity contribution >= 4 is 22.5 Å². The van der Waals surface area contributed by atoms with Crippen LogP contribution in [-0.2, 0) is 11.3 Å². The number of rotatable bonds is 7. The standard InChI is InChI=1S/C24H27N3O4/c28-22(14-15-27-21-9-5-4-8-20(21)23(29)26-24(27)30)25-18-10-12-19(13-11-18)31-16-17-6-2-1-3-7-17/h4-5,8-13,17H,1-3,6-7,14-16H2,(H,25,28)(H,26,29,30). The van der Waals surface area contributed by atoms with Gasteiger partial charge in [-0.2, -0.15) is 0 Å². The number of carbonyl (C=O) groups is 1. The number of ether oxygens (including phenoxy) is 1. The number of nitrogens with zero attached hydrogens (tertiary/aromatic N) is 1. The van der Waals surface area contributed by atoms with Crippen LogP contribution in [0.5, 0.6) is 5.75 Å². The number of aryl methyl sites for hydroxylation is 1. The van der Waals surface area contributed by atoms with Crippen molar-refractivity contribution in [2.45, 2.75) is 45.1 Å². The maximum atomic E-state index is 12.4. The topological polar surface area (TPSA) is 93.2 Å². The fourth-order valence-electron chi connectivity index (χ4n) is 4.10. The van der Waals surface area contributed by atoms with Gasteiger partial charge in [0.25, 0.3) is 5.56 Å². The number of hydrogen-bond donors (Lipinski definition) is 2. The molecule has 0 aliphatic heterocycles. The molecule has 1 saturated carbocycles. The summed E-state index contributed by atoms with van der Waals surface area (Å²) in [5, 5.41) is 3.26. The van der Waals surface area contributed by atoms with Crippen LogP contribution in [0.3, 0.4) is 0 Å². The Morgan fingerprint density at radius 2 is 1.77 bits per heavy atom. The van der Waals surface area contributed by atoms with E-state index in [1.807, 2.05) is 24.3 Å². The van der Waals surface area contributed by atoms with Crippen LogP contribution in [0.2, 0.25) is 0 Å². The number of fused-ring (bicyclic) bond motifs is 1. The third-order valence-electron chi connectivity index (χ3n) is 5.82. The van der Waals surface area contributed by atoms with Gasteiger partial charge in [0.2, 0.25) is 5.91 Å². The number of benzene rings is 2. The van der Waals surface area contributed by atoms with Crippen LogP contribution in [0.1, 0.15) is 38.5 Å². The Morgan fingerprint density at radius 3 is 2.55 bits per heavy atom. The highest BCUT2D eigenvalue weighted by atomic mass is 16.5. The summed E-state index contributed by atoms with van der Waals surface area (Å²) in [6, 6.07) is 14.2. The predicted octanol–water partition coefficient (Wildman–Crippen LogP) is 3.68. The number of nitrogens with one attached hydrogen (secondary N) is 2. The van der Waals surface area contributed by atoms with Crippen LogP contribution >= 0.6 is 0 Å². The van der Waals surface area contributed by atoms with Crippen LogP contribution in [0.4, 0.5) is 5.69 Å². The van der Waals surface area contributed by atoms with Gasteiger partial charge in [-0.25, -0.2) is 4.79 Å². The number of aromatic nitrogens is 2. The molecule has 1 aromatic heterocycles. The molecular weight excluding hydrogens is 394 g/mol. The van der Waals surface area contributed by atoms with Gasteiger partial charge < -0.3 is 10.1 Å². The number of carbonyl (C=O) groups excluding carboxylic acids is 1. The van der Waals surface area contributed by atoms with E-state index in [4.69, 9.17) is 4.74 Å². The molecule has 0 radical (unpaired) electrons. The molecule has 0 unspecified atom stereocenters. The molecule has 31 heavy (non-hydrogen) atoms. The predicted molar refractivity (Wildman–Crippen MR) is 121 cm³/mol. The van der Waals surface area contributed by atoms with E-state index < -0.39 is 11.2 Å². The average molecular weight is 421 g/mol. The van der Waals surface area contributed by atoms with Crippen molar-refractivity contribution in [3.8, 4) is 5.75 Å². The molecule has 4 rings (SSSR count). The van der Waals surface area contributed by atoms with Gasteiger partial charge >= 0.3 is 5.69 Å². The third kappa shape index (κ3) is 5.23. The van der Waals surface area contributed by atoms with Gasteiger partial charge in [0.15, 0.2) is 0 Å². The first-order chi connectivity index (χ1) is 15.1. The molecule has 2 aromatic carbocycles. The van der Waals surface area contributed by atoms with Gasteiger partial charge in [0, 0.05) is 18.7 Å². The summed E-state index contributed by atoms with van der Waals surface area (Å²) in [6.45, 7) is 0.915. The Hall–Kier alpha value is -3.35. The second-order valence-corrected chi connectivity index (χ2v) is 8.07. The number of aromatic amines is 1. The van der Waals surface area contributed by atoms with Gasteiger partial charge in [-0.15, -0.1) is 0 Å². The summed E-state index contributed by atoms with van der Waals surface area (Å²) >= 11 is 0. The molecule has 0 bridgehead atoms. The summed E-state index contributed by atoms with van der Waals surface area (Å²) in [5.41, 5.74) is 0.250. The molecule has 0 saturated heterocycles. The molecule has 7 heteroatoms. The minimum absolute atomic E-state index is 0.107. The van der Waals surface area contributed by atoms with E-state index in [0.29, 0.717) is 22.5 Å². The molecule has 0 spiro atoms. The van der Waals surface area contributed by atoms with Crippen molar-refractivity contribution in [1.29, 1.82) is 0 Å². The highest BCUT2D eigenvalue weighted by molar-refractivity contribution is 5.90. The number of hydrogen-bond acceptors (Lipinski definition) is 4. The largest absolute Gasteiger partial charge is 0.493 e. The number of H-pyrrole nitrogens is 1. The lowest BCUT2D eigenvalue weighted by Crippen LogP contribution is -2.31. The van der Waals surface area contributed by atoms with Crippen molar-refractivity contribution in [3.05, 3.63) is 69.4 Å². The molecule has 1 amide bonds. The van der Waals surface area contributed by atoms with Crippen molar-refractivity contribution in [2.24, 2.45) is 5.92 Å². The van der Waals surface area contributed by atoms with Crippen LogP contribution in [0, 0.1) is 5.92 Å². The van der Waals surface area contributed by atoms with Crippen molar-refractivity contribution in [3.63, 3.8) is 0 Å². The molecular formula is C24H27N3O4. The van der Waals surface area contributed by atoms with E-state index in [1.165, 1.54) is 36.7 Å². The second kappa shape index (κ2) is 9.64. The first-order valence-electron chi connectivity index (χ1n) is 10.8. The molecule has 7 nitrogen and oxygen atoms in total. The zero-order valence-corrected chi connectivity index (χ0v) is 17.4. The maximum absolute atomic E-state index is 12.4. The molecule has 3 aromatic rings. The van der Waals surface area contributed by atoms with E-state index >= 15 is 0 Å². The lowest BCUT2D eigenvalue weighted by atomic mass is 9.90. The Morgan fingerprint density at radius 1 is 1.03 bits per heavy atom. The molecule has 0 atom stereocenters. The molecule has 2 N–H and O–H groups in total. The van der Waals surface area contributed by atoms with E-state index in [9.17, 15) is 14.4 Å². The molecule has 1 aliphatic carbocycles. The number of anilines is 1. The minimum Gasteiger partial charge on any atom is -0.493 e. The lowest BCUT2D eigenvalue weighted by molar-refractivity contribution is -0.116. The van der Waals surface area contributed by atoms with E-state index in [1.54, 1.807) is 24.3 Å².